The van der Waals surface area contributed by atoms with Crippen molar-refractivity contribution in [2.45, 2.75) is 26.8 Å². The van der Waals surface area contributed by atoms with Crippen LogP contribution in [0.25, 0.3) is 0 Å². The number of piperazine rings is 1. The Morgan fingerprint density at radius 3 is 1.88 bits per heavy atom. The topological polar surface area (TPSA) is 54.0 Å². The lowest BCUT2D eigenvalue weighted by molar-refractivity contribution is 0.0858. The van der Waals surface area contributed by atoms with Crippen molar-refractivity contribution in [1.29, 1.82) is 0 Å². The minimum Gasteiger partial charge on any atom is -0.502 e. The number of ether oxygens (including phenoxy) is 2. The Labute approximate surface area is 157 Å². The molecule has 0 amide bonds. The highest BCUT2D eigenvalue weighted by Crippen LogP contribution is 2.44. The van der Waals surface area contributed by atoms with Crippen LogP contribution in [0, 0.1) is 5.41 Å². The first-order chi connectivity index (χ1) is 10.4. The maximum Gasteiger partial charge on any atom is 0.200 e. The smallest absolute Gasteiger partial charge is 0.200 e. The second kappa shape index (κ2) is 9.56. The summed E-state index contributed by atoms with van der Waals surface area (Å²) >= 11 is 0. The molecule has 1 aromatic rings. The van der Waals surface area contributed by atoms with Gasteiger partial charge in [0.2, 0.25) is 5.75 Å². The van der Waals surface area contributed by atoms with Gasteiger partial charge in [-0.15, -0.1) is 24.8 Å². The van der Waals surface area contributed by atoms with E-state index >= 15 is 0 Å². The molecule has 140 valence electrons. The molecule has 0 saturated carbocycles. The van der Waals surface area contributed by atoms with Crippen molar-refractivity contribution in [2.75, 3.05) is 40.4 Å². The number of phenolic OH excluding ortho intramolecular Hbond substituents is 1. The fourth-order valence-electron chi connectivity index (χ4n) is 3.27. The summed E-state index contributed by atoms with van der Waals surface area (Å²) in [6.45, 7) is 10.7. The van der Waals surface area contributed by atoms with E-state index in [0.717, 1.165) is 31.7 Å². The number of halogens is 2. The molecule has 1 aromatic carbocycles. The highest BCUT2D eigenvalue weighted by Gasteiger charge is 2.33. The third kappa shape index (κ3) is 5.06. The van der Waals surface area contributed by atoms with Gasteiger partial charge in [0, 0.05) is 32.2 Å². The summed E-state index contributed by atoms with van der Waals surface area (Å²) in [5, 5.41) is 13.5. The molecule has 2 N–H and O–H groups in total. The molecule has 0 unspecified atom stereocenters. The quantitative estimate of drug-likeness (QED) is 0.839. The van der Waals surface area contributed by atoms with Gasteiger partial charge in [-0.3, -0.25) is 4.90 Å². The summed E-state index contributed by atoms with van der Waals surface area (Å²) in [4.78, 5) is 2.49. The van der Waals surface area contributed by atoms with Crippen molar-refractivity contribution < 1.29 is 14.6 Å². The minimum atomic E-state index is 0. The van der Waals surface area contributed by atoms with Crippen LogP contribution >= 0.6 is 24.8 Å². The molecule has 2 rings (SSSR count). The van der Waals surface area contributed by atoms with Gasteiger partial charge in [0.05, 0.1) is 14.2 Å². The third-order valence-corrected chi connectivity index (χ3v) is 4.15. The number of benzene rings is 1. The van der Waals surface area contributed by atoms with Crippen LogP contribution in [0.5, 0.6) is 17.2 Å². The summed E-state index contributed by atoms with van der Waals surface area (Å²) in [6.07, 6.45) is 0. The number of nitrogens with one attached hydrogen (secondary N) is 1. The summed E-state index contributed by atoms with van der Waals surface area (Å²) in [5.41, 5.74) is 1.17. The molecule has 1 saturated heterocycles. The van der Waals surface area contributed by atoms with Crippen molar-refractivity contribution in [3.8, 4) is 17.2 Å². The summed E-state index contributed by atoms with van der Waals surface area (Å²) < 4.78 is 10.6. The first-order valence-electron chi connectivity index (χ1n) is 7.78. The van der Waals surface area contributed by atoms with Crippen LogP contribution in [-0.4, -0.2) is 50.4 Å². The molecule has 1 fully saturated rings. The Balaban J connectivity index is 0.00000264. The van der Waals surface area contributed by atoms with E-state index < -0.39 is 0 Å². The predicted molar refractivity (Wildman–Crippen MR) is 102 cm³/mol. The van der Waals surface area contributed by atoms with Crippen molar-refractivity contribution in [3.05, 3.63) is 17.7 Å². The maximum atomic E-state index is 10.1. The number of hydrogen-bond acceptors (Lipinski definition) is 5. The van der Waals surface area contributed by atoms with E-state index in [1.54, 1.807) is 14.2 Å². The van der Waals surface area contributed by atoms with Gasteiger partial charge in [0.25, 0.3) is 0 Å². The number of hydrogen-bond donors (Lipinski definition) is 2. The number of aromatic hydroxyl groups is 1. The lowest BCUT2D eigenvalue weighted by Crippen LogP contribution is -2.48. The largest absolute Gasteiger partial charge is 0.502 e. The molecule has 0 aromatic heterocycles. The van der Waals surface area contributed by atoms with Gasteiger partial charge in [-0.05, 0) is 23.1 Å². The number of rotatable bonds is 4. The second-order valence-electron chi connectivity index (χ2n) is 6.83. The fraction of sp³-hybridized carbons (Fsp3) is 0.647. The molecule has 1 aliphatic heterocycles. The number of nitrogens with zero attached hydrogens (tertiary/aromatic N) is 1. The lowest BCUT2D eigenvalue weighted by Gasteiger charge is -2.42. The van der Waals surface area contributed by atoms with Crippen LogP contribution in [-0.2, 0) is 0 Å². The monoisotopic (exact) mass is 380 g/mol. The Bertz CT molecular complexity index is 490. The van der Waals surface area contributed by atoms with Gasteiger partial charge in [0.15, 0.2) is 11.5 Å². The Morgan fingerprint density at radius 2 is 1.50 bits per heavy atom. The molecular formula is C17H30Cl2N2O3. The molecule has 0 spiro atoms. The van der Waals surface area contributed by atoms with Crippen molar-refractivity contribution in [1.82, 2.24) is 10.2 Å². The first kappa shape index (κ1) is 23.1. The van der Waals surface area contributed by atoms with E-state index in [4.69, 9.17) is 9.47 Å². The highest BCUT2D eigenvalue weighted by molar-refractivity contribution is 5.85. The molecule has 1 heterocycles. The SMILES string of the molecule is COc1cc([C@H](N2CCNCC2)C(C)(C)C)cc(OC)c1O.Cl.Cl. The molecular weight excluding hydrogens is 351 g/mol. The summed E-state index contributed by atoms with van der Waals surface area (Å²) in [6, 6.07) is 4.09. The van der Waals surface area contributed by atoms with E-state index in [9.17, 15) is 5.11 Å². The van der Waals surface area contributed by atoms with Gasteiger partial charge in [-0.1, -0.05) is 20.8 Å². The number of methoxy groups -OCH3 is 2. The maximum absolute atomic E-state index is 10.1. The lowest BCUT2D eigenvalue weighted by atomic mass is 9.80. The highest BCUT2D eigenvalue weighted by atomic mass is 35.5. The fourth-order valence-corrected chi connectivity index (χ4v) is 3.27. The third-order valence-electron chi connectivity index (χ3n) is 4.15. The van der Waals surface area contributed by atoms with E-state index in [0.29, 0.717) is 11.5 Å². The van der Waals surface area contributed by atoms with Crippen molar-refractivity contribution in [2.24, 2.45) is 5.41 Å². The zero-order chi connectivity index (χ0) is 16.3. The molecule has 1 aliphatic rings. The van der Waals surface area contributed by atoms with Crippen molar-refractivity contribution in [3.63, 3.8) is 0 Å². The van der Waals surface area contributed by atoms with Gasteiger partial charge in [-0.25, -0.2) is 0 Å². The average Bonchev–Trinajstić information content (AvgIpc) is 2.48. The second-order valence-corrected chi connectivity index (χ2v) is 6.83. The van der Waals surface area contributed by atoms with Gasteiger partial charge in [0.1, 0.15) is 0 Å². The van der Waals surface area contributed by atoms with Gasteiger partial charge < -0.3 is 19.9 Å². The zero-order valence-corrected chi connectivity index (χ0v) is 16.7. The summed E-state index contributed by atoms with van der Waals surface area (Å²) in [5.74, 6) is 0.971. The Kier molecular flexibility index (Phi) is 9.21. The number of phenols is 1. The van der Waals surface area contributed by atoms with E-state index in [-0.39, 0.29) is 42.0 Å². The minimum absolute atomic E-state index is 0. The zero-order valence-electron chi connectivity index (χ0n) is 15.1. The standard InChI is InChI=1S/C17H28N2O3.2ClH/c1-17(2,3)16(19-8-6-18-7-9-19)12-10-13(21-4)15(20)14(11-12)22-5;;/h10-11,16,18,20H,6-9H2,1-5H3;2*1H/t16-;;/m0../s1. The van der Waals surface area contributed by atoms with Crippen LogP contribution in [0.1, 0.15) is 32.4 Å². The van der Waals surface area contributed by atoms with Crippen LogP contribution < -0.4 is 14.8 Å². The van der Waals surface area contributed by atoms with E-state index in [1.165, 1.54) is 0 Å². The normalized spacial score (nSPS) is 16.5. The Hall–Kier alpha value is -0.880. The van der Waals surface area contributed by atoms with Crippen LogP contribution in [0.15, 0.2) is 12.1 Å². The van der Waals surface area contributed by atoms with Gasteiger partial charge in [-0.2, -0.15) is 0 Å². The van der Waals surface area contributed by atoms with Crippen LogP contribution in [0.3, 0.4) is 0 Å². The molecule has 0 aliphatic carbocycles. The average molecular weight is 381 g/mol. The summed E-state index contributed by atoms with van der Waals surface area (Å²) in [7, 11) is 3.13. The van der Waals surface area contributed by atoms with E-state index in [1.807, 2.05) is 12.1 Å². The Morgan fingerprint density at radius 1 is 1.04 bits per heavy atom. The van der Waals surface area contributed by atoms with Crippen molar-refractivity contribution >= 4 is 24.8 Å². The molecule has 0 radical (unpaired) electrons. The van der Waals surface area contributed by atoms with Crippen LogP contribution in [0.2, 0.25) is 0 Å². The molecule has 5 nitrogen and oxygen atoms in total. The molecule has 0 bridgehead atoms. The molecule has 24 heavy (non-hydrogen) atoms. The van der Waals surface area contributed by atoms with E-state index in [2.05, 4.69) is 31.0 Å². The molecule has 7 heteroatoms. The van der Waals surface area contributed by atoms with Gasteiger partial charge >= 0.3 is 0 Å². The first-order valence-corrected chi connectivity index (χ1v) is 7.78. The predicted octanol–water partition coefficient (Wildman–Crippen LogP) is 3.25. The van der Waals surface area contributed by atoms with Crippen LogP contribution in [0.4, 0.5) is 0 Å². The molecule has 1 atom stereocenters.